The third-order valence-corrected chi connectivity index (χ3v) is 4.81. The van der Waals surface area contributed by atoms with Crippen LogP contribution in [0.25, 0.3) is 6.08 Å². The van der Waals surface area contributed by atoms with Gasteiger partial charge in [0.1, 0.15) is 11.3 Å². The van der Waals surface area contributed by atoms with E-state index in [0.29, 0.717) is 17.2 Å². The molecule has 2 heterocycles. The van der Waals surface area contributed by atoms with Crippen LogP contribution in [0.3, 0.4) is 0 Å². The zero-order valence-corrected chi connectivity index (χ0v) is 16.4. The van der Waals surface area contributed by atoms with Gasteiger partial charge < -0.3 is 19.1 Å². The van der Waals surface area contributed by atoms with Gasteiger partial charge in [0.05, 0.1) is 0 Å². The van der Waals surface area contributed by atoms with Crippen molar-refractivity contribution in [2.45, 2.75) is 39.4 Å². The predicted octanol–water partition coefficient (Wildman–Crippen LogP) is 2.54. The van der Waals surface area contributed by atoms with Crippen LogP contribution < -0.4 is 4.74 Å². The summed E-state index contributed by atoms with van der Waals surface area (Å²) in [7, 11) is 0. The molecule has 2 saturated heterocycles. The summed E-state index contributed by atoms with van der Waals surface area (Å²) in [6, 6.07) is 6.74. The molecule has 1 aromatic carbocycles. The van der Waals surface area contributed by atoms with Gasteiger partial charge in [0, 0.05) is 26.9 Å². The normalized spacial score (nSPS) is 19.7. The molecular weight excluding hydrogens is 362 g/mol. The number of esters is 2. The second-order valence-electron chi connectivity index (χ2n) is 7.66. The fourth-order valence-corrected chi connectivity index (χ4v) is 3.10. The van der Waals surface area contributed by atoms with Gasteiger partial charge in [-0.25, -0.2) is 9.59 Å². The SMILES string of the molecule is CC1CCN(C(=O)COc2ccc(C=C3C(=O)OC(C)(C)OC3=O)cc2)CC1. The van der Waals surface area contributed by atoms with E-state index in [-0.39, 0.29) is 18.1 Å². The van der Waals surface area contributed by atoms with E-state index in [0.717, 1.165) is 25.9 Å². The molecule has 0 spiro atoms. The second-order valence-corrected chi connectivity index (χ2v) is 7.66. The van der Waals surface area contributed by atoms with Crippen LogP contribution in [0.2, 0.25) is 0 Å². The van der Waals surface area contributed by atoms with Crippen LogP contribution in [-0.4, -0.2) is 48.2 Å². The van der Waals surface area contributed by atoms with E-state index in [2.05, 4.69) is 6.92 Å². The van der Waals surface area contributed by atoms with Crippen LogP contribution in [0.1, 0.15) is 39.2 Å². The zero-order valence-electron chi connectivity index (χ0n) is 16.4. The smallest absolute Gasteiger partial charge is 0.348 e. The maximum absolute atomic E-state index is 12.2. The van der Waals surface area contributed by atoms with Gasteiger partial charge in [0.15, 0.2) is 6.61 Å². The van der Waals surface area contributed by atoms with Crippen molar-refractivity contribution in [2.24, 2.45) is 5.92 Å². The van der Waals surface area contributed by atoms with E-state index >= 15 is 0 Å². The van der Waals surface area contributed by atoms with Crippen LogP contribution in [0.5, 0.6) is 5.75 Å². The number of amides is 1. The summed E-state index contributed by atoms with van der Waals surface area (Å²) in [6.45, 7) is 6.73. The molecule has 7 nitrogen and oxygen atoms in total. The topological polar surface area (TPSA) is 82.1 Å². The number of cyclic esters (lactones) is 2. The van der Waals surface area contributed by atoms with E-state index in [1.54, 1.807) is 24.3 Å². The van der Waals surface area contributed by atoms with E-state index in [9.17, 15) is 14.4 Å². The number of hydrogen-bond donors (Lipinski definition) is 0. The lowest BCUT2D eigenvalue weighted by molar-refractivity contribution is -0.222. The van der Waals surface area contributed by atoms with Gasteiger partial charge in [0.2, 0.25) is 0 Å². The first-order valence-electron chi connectivity index (χ1n) is 9.42. The average molecular weight is 387 g/mol. The Morgan fingerprint density at radius 2 is 1.71 bits per heavy atom. The van der Waals surface area contributed by atoms with Gasteiger partial charge in [-0.1, -0.05) is 19.1 Å². The monoisotopic (exact) mass is 387 g/mol. The molecule has 0 N–H and O–H groups in total. The van der Waals surface area contributed by atoms with Gasteiger partial charge in [-0.2, -0.15) is 0 Å². The number of carbonyl (C=O) groups is 3. The molecule has 2 aliphatic heterocycles. The molecular formula is C21H25NO6. The van der Waals surface area contributed by atoms with Gasteiger partial charge in [-0.05, 0) is 42.5 Å². The molecule has 0 saturated carbocycles. The molecule has 2 fully saturated rings. The first kappa shape index (κ1) is 19.9. The van der Waals surface area contributed by atoms with Crippen LogP contribution in [0, 0.1) is 5.92 Å². The first-order valence-corrected chi connectivity index (χ1v) is 9.42. The van der Waals surface area contributed by atoms with Crippen molar-refractivity contribution in [1.82, 2.24) is 4.90 Å². The van der Waals surface area contributed by atoms with Crippen molar-refractivity contribution in [3.8, 4) is 5.75 Å². The standard InChI is InChI=1S/C21H25NO6/c1-14-8-10-22(11-9-14)18(23)13-26-16-6-4-15(5-7-16)12-17-19(24)27-21(2,3)28-20(17)25/h4-7,12,14H,8-11,13H2,1-3H3. The third-order valence-electron chi connectivity index (χ3n) is 4.81. The number of rotatable bonds is 4. The van der Waals surface area contributed by atoms with E-state index in [4.69, 9.17) is 14.2 Å². The van der Waals surface area contributed by atoms with Crippen LogP contribution >= 0.6 is 0 Å². The summed E-state index contributed by atoms with van der Waals surface area (Å²) in [5, 5.41) is 0. The Labute approximate surface area is 164 Å². The van der Waals surface area contributed by atoms with Gasteiger partial charge >= 0.3 is 11.9 Å². The van der Waals surface area contributed by atoms with Crippen molar-refractivity contribution in [3.05, 3.63) is 35.4 Å². The van der Waals surface area contributed by atoms with Crippen LogP contribution in [0.15, 0.2) is 29.8 Å². The summed E-state index contributed by atoms with van der Waals surface area (Å²) in [4.78, 5) is 38.0. The Balaban J connectivity index is 1.57. The Morgan fingerprint density at radius 3 is 2.29 bits per heavy atom. The number of benzene rings is 1. The molecule has 1 aromatic rings. The van der Waals surface area contributed by atoms with E-state index in [1.165, 1.54) is 19.9 Å². The first-order chi connectivity index (χ1) is 13.2. The molecule has 0 bridgehead atoms. The minimum absolute atomic E-state index is 0.0114. The minimum Gasteiger partial charge on any atom is -0.484 e. The largest absolute Gasteiger partial charge is 0.484 e. The molecule has 0 radical (unpaired) electrons. The van der Waals surface area contributed by atoms with Gasteiger partial charge in [0.25, 0.3) is 11.7 Å². The van der Waals surface area contributed by atoms with Crippen molar-refractivity contribution in [2.75, 3.05) is 19.7 Å². The van der Waals surface area contributed by atoms with Crippen molar-refractivity contribution in [3.63, 3.8) is 0 Å². The summed E-state index contributed by atoms with van der Waals surface area (Å²) >= 11 is 0. The molecule has 0 unspecified atom stereocenters. The quantitative estimate of drug-likeness (QED) is 0.449. The van der Waals surface area contributed by atoms with E-state index in [1.807, 2.05) is 4.90 Å². The fraction of sp³-hybridized carbons (Fsp3) is 0.476. The molecule has 0 aromatic heterocycles. The highest BCUT2D eigenvalue weighted by Crippen LogP contribution is 2.24. The molecule has 3 rings (SSSR count). The molecule has 28 heavy (non-hydrogen) atoms. The Bertz CT molecular complexity index is 766. The Morgan fingerprint density at radius 1 is 1.14 bits per heavy atom. The van der Waals surface area contributed by atoms with Crippen molar-refractivity contribution < 1.29 is 28.6 Å². The van der Waals surface area contributed by atoms with Crippen molar-refractivity contribution in [1.29, 1.82) is 0 Å². The van der Waals surface area contributed by atoms with Gasteiger partial charge in [-0.15, -0.1) is 0 Å². The lowest BCUT2D eigenvalue weighted by Crippen LogP contribution is -2.41. The zero-order chi connectivity index (χ0) is 20.3. The maximum atomic E-state index is 12.2. The molecule has 1 amide bonds. The highest BCUT2D eigenvalue weighted by atomic mass is 16.7. The summed E-state index contributed by atoms with van der Waals surface area (Å²) in [5.74, 6) is -1.52. The molecule has 7 heteroatoms. The van der Waals surface area contributed by atoms with E-state index < -0.39 is 17.7 Å². The number of likely N-dealkylation sites (tertiary alicyclic amines) is 1. The predicted molar refractivity (Wildman–Crippen MR) is 101 cm³/mol. The van der Waals surface area contributed by atoms with Crippen molar-refractivity contribution >= 4 is 23.9 Å². The lowest BCUT2D eigenvalue weighted by Gasteiger charge is -2.30. The second kappa shape index (κ2) is 8.04. The number of hydrogen-bond acceptors (Lipinski definition) is 6. The molecule has 2 aliphatic rings. The molecule has 0 aliphatic carbocycles. The number of nitrogens with zero attached hydrogens (tertiary/aromatic N) is 1. The average Bonchev–Trinajstić information content (AvgIpc) is 2.63. The highest BCUT2D eigenvalue weighted by molar-refractivity contribution is 6.18. The Hall–Kier alpha value is -2.83. The lowest BCUT2D eigenvalue weighted by atomic mass is 9.99. The minimum atomic E-state index is -1.26. The molecule has 0 atom stereocenters. The fourth-order valence-electron chi connectivity index (χ4n) is 3.10. The summed E-state index contributed by atoms with van der Waals surface area (Å²) in [5.41, 5.74) is 0.454. The number of carbonyl (C=O) groups excluding carboxylic acids is 3. The number of ether oxygens (including phenoxy) is 3. The molecule has 150 valence electrons. The summed E-state index contributed by atoms with van der Waals surface area (Å²) < 4.78 is 15.7. The van der Waals surface area contributed by atoms with Crippen LogP contribution in [-0.2, 0) is 23.9 Å². The van der Waals surface area contributed by atoms with Crippen LogP contribution in [0.4, 0.5) is 0 Å². The number of piperidine rings is 1. The van der Waals surface area contributed by atoms with Gasteiger partial charge in [-0.3, -0.25) is 4.79 Å². The third kappa shape index (κ3) is 4.91. The highest BCUT2D eigenvalue weighted by Gasteiger charge is 2.38. The maximum Gasteiger partial charge on any atom is 0.348 e. The summed E-state index contributed by atoms with van der Waals surface area (Å²) in [6.07, 6.45) is 3.46. The Kier molecular flexibility index (Phi) is 5.72.